The van der Waals surface area contributed by atoms with Gasteiger partial charge in [0.15, 0.2) is 12.4 Å². The molecule has 0 unspecified atom stereocenters. The third kappa shape index (κ3) is 6.68. The van der Waals surface area contributed by atoms with E-state index in [4.69, 9.17) is 9.52 Å². The van der Waals surface area contributed by atoms with E-state index in [0.717, 1.165) is 29.7 Å². The summed E-state index contributed by atoms with van der Waals surface area (Å²) in [6.07, 6.45) is 8.28. The molecule has 8 nitrogen and oxygen atoms in total. The van der Waals surface area contributed by atoms with E-state index in [9.17, 15) is 17.8 Å². The summed E-state index contributed by atoms with van der Waals surface area (Å²) in [5.41, 5.74) is 2.08. The number of pyridine rings is 1. The zero-order valence-electron chi connectivity index (χ0n) is 19.4. The lowest BCUT2D eigenvalue weighted by Crippen LogP contribution is -2.34. The second-order valence-electron chi connectivity index (χ2n) is 8.04. The monoisotopic (exact) mass is 486 g/mol. The minimum Gasteiger partial charge on any atom is -0.744 e. The van der Waals surface area contributed by atoms with Crippen molar-refractivity contribution in [3.63, 3.8) is 0 Å². The summed E-state index contributed by atoms with van der Waals surface area (Å²) in [6.45, 7) is 6.45. The van der Waals surface area contributed by atoms with Crippen LogP contribution in [0.4, 0.5) is 5.69 Å². The highest BCUT2D eigenvalue weighted by Gasteiger charge is 2.14. The van der Waals surface area contributed by atoms with E-state index < -0.39 is 16.1 Å². The Bertz CT molecular complexity index is 1280. The Balaban J connectivity index is 1.79. The maximum absolute atomic E-state index is 11.9. The third-order valence-electron chi connectivity index (χ3n) is 5.67. The van der Waals surface area contributed by atoms with Gasteiger partial charge in [0.2, 0.25) is 0 Å². The minimum atomic E-state index is -4.69. The molecule has 0 atom stereocenters. The van der Waals surface area contributed by atoms with Crippen LogP contribution in [0.15, 0.2) is 52.0 Å². The zero-order chi connectivity index (χ0) is 24.7. The highest BCUT2D eigenvalue weighted by atomic mass is 32.2. The highest BCUT2D eigenvalue weighted by molar-refractivity contribution is 7.85. The fourth-order valence-electron chi connectivity index (χ4n) is 3.84. The number of rotatable bonds is 12. The number of unbranched alkanes of at least 4 members (excludes halogenated alkanes) is 2. The maximum atomic E-state index is 11.9. The number of carboxylic acid groups (broad SMARTS) is 1. The smallest absolute Gasteiger partial charge is 0.303 e. The molecule has 0 aliphatic rings. The topological polar surface area (TPSA) is 115 Å². The normalized spacial score (nSPS) is 12.0. The Labute approximate surface area is 199 Å². The van der Waals surface area contributed by atoms with Crippen LogP contribution in [0.5, 0.6) is 0 Å². The summed E-state index contributed by atoms with van der Waals surface area (Å²) in [6, 6.07) is 9.45. The lowest BCUT2D eigenvalue weighted by atomic mass is 10.2. The molecule has 3 rings (SSSR count). The Morgan fingerprint density at radius 3 is 2.56 bits per heavy atom. The molecule has 2 aromatic heterocycles. The van der Waals surface area contributed by atoms with Gasteiger partial charge in [-0.1, -0.05) is 0 Å². The van der Waals surface area contributed by atoms with Gasteiger partial charge in [0.05, 0.1) is 0 Å². The van der Waals surface area contributed by atoms with Crippen LogP contribution in [0.1, 0.15) is 50.9 Å². The fourth-order valence-corrected chi connectivity index (χ4v) is 4.53. The molecule has 0 saturated carbocycles. The van der Waals surface area contributed by atoms with Gasteiger partial charge < -0.3 is 19.0 Å². The van der Waals surface area contributed by atoms with E-state index in [1.807, 2.05) is 24.3 Å². The van der Waals surface area contributed by atoms with Crippen LogP contribution in [0.3, 0.4) is 0 Å². The first-order valence-corrected chi connectivity index (χ1v) is 12.8. The molecule has 3 aromatic rings. The van der Waals surface area contributed by atoms with E-state index >= 15 is 0 Å². The van der Waals surface area contributed by atoms with E-state index in [1.165, 1.54) is 6.20 Å². The first-order chi connectivity index (χ1) is 16.2. The Hall–Kier alpha value is -3.17. The van der Waals surface area contributed by atoms with Crippen molar-refractivity contribution >= 4 is 44.9 Å². The number of carboxylic acids is 1. The summed E-state index contributed by atoms with van der Waals surface area (Å²) in [5.74, 6) is -0.284. The summed E-state index contributed by atoms with van der Waals surface area (Å²) in [5, 5.41) is 9.62. The molecule has 0 spiro atoms. The van der Waals surface area contributed by atoms with Crippen LogP contribution in [0.2, 0.25) is 0 Å². The van der Waals surface area contributed by atoms with Crippen LogP contribution >= 0.6 is 0 Å². The number of hydrogen-bond acceptors (Lipinski definition) is 6. The minimum absolute atomic E-state index is 0.104. The number of anilines is 1. The Morgan fingerprint density at radius 2 is 1.88 bits per heavy atom. The van der Waals surface area contributed by atoms with E-state index in [0.29, 0.717) is 31.6 Å². The van der Waals surface area contributed by atoms with Gasteiger partial charge in [-0.2, -0.15) is 0 Å². The molecule has 0 amide bonds. The lowest BCUT2D eigenvalue weighted by molar-refractivity contribution is -0.699. The van der Waals surface area contributed by atoms with Gasteiger partial charge in [-0.25, -0.2) is 13.0 Å². The van der Waals surface area contributed by atoms with Crippen LogP contribution in [0, 0.1) is 0 Å². The average Bonchev–Trinajstić information content (AvgIpc) is 3.20. The quantitative estimate of drug-likeness (QED) is 0.231. The van der Waals surface area contributed by atoms with E-state index in [-0.39, 0.29) is 16.9 Å². The molecule has 0 aliphatic carbocycles. The third-order valence-corrected chi connectivity index (χ3v) is 6.55. The summed E-state index contributed by atoms with van der Waals surface area (Å²) in [4.78, 5) is 12.5. The number of fused-ring (bicyclic) bond motifs is 1. The molecule has 9 heteroatoms. The van der Waals surface area contributed by atoms with Crippen molar-refractivity contribution in [2.45, 2.75) is 51.0 Å². The molecule has 0 saturated heterocycles. The van der Waals surface area contributed by atoms with Gasteiger partial charge in [-0.3, -0.25) is 4.79 Å². The number of nitrogens with zero attached hydrogens (tertiary/aromatic N) is 2. The second-order valence-corrected chi connectivity index (χ2v) is 9.39. The molecular weight excluding hydrogens is 456 g/mol. The van der Waals surface area contributed by atoms with Gasteiger partial charge >= 0.3 is 5.97 Å². The molecule has 1 aromatic carbocycles. The van der Waals surface area contributed by atoms with E-state index in [2.05, 4.69) is 18.7 Å². The zero-order valence-corrected chi connectivity index (χ0v) is 20.3. The van der Waals surface area contributed by atoms with Crippen LogP contribution in [0.25, 0.3) is 23.1 Å². The van der Waals surface area contributed by atoms with Crippen LogP contribution in [-0.4, -0.2) is 37.1 Å². The summed E-state index contributed by atoms with van der Waals surface area (Å²) < 4.78 is 43.2. The van der Waals surface area contributed by atoms with Gasteiger partial charge in [-0.05, 0) is 57.0 Å². The number of furan rings is 1. The van der Waals surface area contributed by atoms with Crippen molar-refractivity contribution in [2.24, 2.45) is 0 Å². The standard InChI is InChI=1S/C25H30N2O6S/c1-3-27(4-2)21-11-9-20-16-22(33-23(20)17-21)12-10-19-13-15-26(18-24(19)34(30,31)32)14-7-5-6-8-25(28)29/h9-13,15-18H,3-8,14H2,1-2H3,(H-,28,29,30,31,32). The number of hydrogen-bond donors (Lipinski definition) is 1. The van der Waals surface area contributed by atoms with Crippen molar-refractivity contribution in [3.8, 4) is 0 Å². The predicted molar refractivity (Wildman–Crippen MR) is 129 cm³/mol. The summed E-state index contributed by atoms with van der Waals surface area (Å²) in [7, 11) is -4.69. The first-order valence-electron chi connectivity index (χ1n) is 11.4. The number of carbonyl (C=O) groups is 1. The largest absolute Gasteiger partial charge is 0.744 e. The number of benzene rings is 1. The Kier molecular flexibility index (Phi) is 8.46. The van der Waals surface area contributed by atoms with Gasteiger partial charge in [0.25, 0.3) is 0 Å². The van der Waals surface area contributed by atoms with Gasteiger partial charge in [0, 0.05) is 54.7 Å². The number of aromatic nitrogens is 1. The molecule has 34 heavy (non-hydrogen) atoms. The molecule has 1 N–H and O–H groups in total. The van der Waals surface area contributed by atoms with Gasteiger partial charge in [0.1, 0.15) is 32.9 Å². The molecule has 2 heterocycles. The van der Waals surface area contributed by atoms with Crippen molar-refractivity contribution < 1.29 is 31.9 Å². The van der Waals surface area contributed by atoms with Gasteiger partial charge in [-0.15, -0.1) is 0 Å². The lowest BCUT2D eigenvalue weighted by Gasteiger charge is -2.20. The van der Waals surface area contributed by atoms with E-state index in [1.54, 1.807) is 29.0 Å². The SMILES string of the molecule is CCN(CC)c1ccc2cc(/C=C/c3cc[n+](CCCCCC(=O)O)cc3S(=O)(=O)[O-])oc2c1. The fraction of sp³-hybridized carbons (Fsp3) is 0.360. The molecule has 0 bridgehead atoms. The predicted octanol–water partition coefficient (Wildman–Crippen LogP) is 4.29. The van der Waals surface area contributed by atoms with Crippen molar-refractivity contribution in [2.75, 3.05) is 18.0 Å². The summed E-state index contributed by atoms with van der Waals surface area (Å²) >= 11 is 0. The molecule has 0 radical (unpaired) electrons. The van der Waals surface area contributed by atoms with Crippen molar-refractivity contribution in [3.05, 3.63) is 54.0 Å². The Morgan fingerprint density at radius 1 is 1.12 bits per heavy atom. The van der Waals surface area contributed by atoms with Crippen molar-refractivity contribution in [1.82, 2.24) is 0 Å². The highest BCUT2D eigenvalue weighted by Crippen LogP contribution is 2.26. The average molecular weight is 487 g/mol. The first kappa shape index (κ1) is 25.5. The number of aryl methyl sites for hydroxylation is 1. The maximum Gasteiger partial charge on any atom is 0.303 e. The molecular formula is C25H30N2O6S. The second kappa shape index (κ2) is 11.3. The number of aliphatic carboxylic acids is 1. The molecule has 0 fully saturated rings. The van der Waals surface area contributed by atoms with Crippen LogP contribution < -0.4 is 9.47 Å². The molecule has 182 valence electrons. The molecule has 0 aliphatic heterocycles. The van der Waals surface area contributed by atoms with Crippen molar-refractivity contribution in [1.29, 1.82) is 0 Å². The van der Waals surface area contributed by atoms with Crippen LogP contribution in [-0.2, 0) is 21.5 Å².